The molecule has 1 amide bonds. The number of hydrogen-bond donors (Lipinski definition) is 2. The zero-order valence-electron chi connectivity index (χ0n) is 27.8. The molecule has 0 aliphatic rings. The first-order valence-electron chi connectivity index (χ1n) is 16.4. The van der Waals surface area contributed by atoms with Crippen LogP contribution in [0.25, 0.3) is 22.2 Å². The third-order valence-corrected chi connectivity index (χ3v) is 9.72. The van der Waals surface area contributed by atoms with Crippen LogP contribution in [0.2, 0.25) is 0 Å². The third-order valence-electron chi connectivity index (χ3n) is 8.51. The lowest BCUT2D eigenvalue weighted by Gasteiger charge is -2.28. The van der Waals surface area contributed by atoms with Gasteiger partial charge in [-0.2, -0.15) is 0 Å². The second-order valence-electron chi connectivity index (χ2n) is 12.2. The molecule has 48 heavy (non-hydrogen) atoms. The van der Waals surface area contributed by atoms with Crippen molar-refractivity contribution in [1.29, 1.82) is 0 Å². The number of aromatic carboxylic acids is 1. The molecule has 8 nitrogen and oxygen atoms in total. The first-order valence-corrected chi connectivity index (χ1v) is 17.1. The highest BCUT2D eigenvalue weighted by molar-refractivity contribution is 8.12. The molecule has 1 aromatic heterocycles. The van der Waals surface area contributed by atoms with Crippen LogP contribution in [0.4, 0.5) is 0 Å². The number of amides is 1. The summed E-state index contributed by atoms with van der Waals surface area (Å²) in [7, 11) is 0. The Labute approximate surface area is 286 Å². The molecule has 0 aliphatic carbocycles. The second kappa shape index (κ2) is 15.4. The highest BCUT2D eigenvalue weighted by Crippen LogP contribution is 2.29. The molecule has 0 saturated carbocycles. The molecular weight excluding hydrogens is 621 g/mol. The molecule has 0 spiro atoms. The van der Waals surface area contributed by atoms with Crippen molar-refractivity contribution in [1.82, 2.24) is 13.9 Å². The smallest absolute Gasteiger partial charge is 0.336 e. The van der Waals surface area contributed by atoms with Gasteiger partial charge in [0.2, 0.25) is 5.12 Å². The van der Waals surface area contributed by atoms with E-state index in [1.807, 2.05) is 99.6 Å². The van der Waals surface area contributed by atoms with Crippen LogP contribution in [0.3, 0.4) is 0 Å². The van der Waals surface area contributed by atoms with Crippen LogP contribution in [-0.4, -0.2) is 48.0 Å². The molecule has 9 heteroatoms. The van der Waals surface area contributed by atoms with Gasteiger partial charge in [0.1, 0.15) is 5.82 Å². The molecule has 5 aromatic rings. The van der Waals surface area contributed by atoms with Crippen molar-refractivity contribution < 1.29 is 19.5 Å². The van der Waals surface area contributed by atoms with Crippen molar-refractivity contribution in [2.45, 2.75) is 72.0 Å². The van der Waals surface area contributed by atoms with Crippen molar-refractivity contribution in [3.8, 4) is 11.1 Å². The normalized spacial score (nSPS) is 12.5. The number of fused-ring (bicyclic) bond motifs is 1. The number of benzene rings is 4. The number of imidazole rings is 1. The first kappa shape index (κ1) is 34.6. The Balaban J connectivity index is 1.51. The highest BCUT2D eigenvalue weighted by atomic mass is 32.2. The lowest BCUT2D eigenvalue weighted by molar-refractivity contribution is -0.112. The topological polar surface area (TPSA) is 119 Å². The van der Waals surface area contributed by atoms with Gasteiger partial charge in [0.15, 0.2) is 0 Å². The van der Waals surface area contributed by atoms with E-state index in [0.29, 0.717) is 30.5 Å². The van der Waals surface area contributed by atoms with Gasteiger partial charge in [-0.25, -0.2) is 9.78 Å². The summed E-state index contributed by atoms with van der Waals surface area (Å²) in [6, 6.07) is 27.6. The summed E-state index contributed by atoms with van der Waals surface area (Å²) in [4.78, 5) is 44.2. The Morgan fingerprint density at radius 3 is 2.29 bits per heavy atom. The number of nitrogens with two attached hydrogens (primary N) is 1. The quantitative estimate of drug-likeness (QED) is 0.132. The van der Waals surface area contributed by atoms with Crippen LogP contribution in [-0.2, 0) is 24.2 Å². The van der Waals surface area contributed by atoms with Crippen LogP contribution < -0.4 is 5.73 Å². The molecule has 0 saturated heterocycles. The summed E-state index contributed by atoms with van der Waals surface area (Å²) in [6.07, 6.45) is 2.74. The fraction of sp³-hybridized carbons (Fsp3) is 0.282. The van der Waals surface area contributed by atoms with Crippen molar-refractivity contribution in [2.75, 3.05) is 0 Å². The van der Waals surface area contributed by atoms with Crippen LogP contribution >= 0.6 is 11.9 Å². The maximum atomic E-state index is 14.3. The van der Waals surface area contributed by atoms with Gasteiger partial charge in [0, 0.05) is 36.5 Å². The number of carboxylic acid groups (broad SMARTS) is 1. The van der Waals surface area contributed by atoms with E-state index in [0.717, 1.165) is 63.9 Å². The van der Waals surface area contributed by atoms with Crippen molar-refractivity contribution >= 4 is 40.0 Å². The average Bonchev–Trinajstić information content (AvgIpc) is 3.44. The molecule has 1 heterocycles. The molecule has 248 valence electrons. The lowest BCUT2D eigenvalue weighted by atomic mass is 9.98. The Kier molecular flexibility index (Phi) is 11.1. The van der Waals surface area contributed by atoms with E-state index in [9.17, 15) is 19.5 Å². The highest BCUT2D eigenvalue weighted by Gasteiger charge is 2.29. The lowest BCUT2D eigenvalue weighted by Crippen LogP contribution is -2.38. The van der Waals surface area contributed by atoms with Gasteiger partial charge in [-0.05, 0) is 79.1 Å². The van der Waals surface area contributed by atoms with Gasteiger partial charge in [-0.1, -0.05) is 86.6 Å². The van der Waals surface area contributed by atoms with Gasteiger partial charge in [-0.3, -0.25) is 13.9 Å². The predicted octanol–water partition coefficient (Wildman–Crippen LogP) is 7.70. The van der Waals surface area contributed by atoms with Gasteiger partial charge in [0.25, 0.3) is 5.91 Å². The van der Waals surface area contributed by atoms with Crippen LogP contribution in [0.5, 0.6) is 0 Å². The number of carbonyl (C=O) groups is 3. The number of carbonyl (C=O) groups excluding carboxylic acids is 2. The Bertz CT molecular complexity index is 1920. The summed E-state index contributed by atoms with van der Waals surface area (Å²) >= 11 is 0.902. The SMILES string of the molecule is CCCc1nc2c(C)cc(C(=O)N(SC(=O)C(N)CC)C(C)Cc3ccccc3)cc2n1Cc1ccc(-c2ccccc2C(=O)O)cc1. The van der Waals surface area contributed by atoms with Crippen LogP contribution in [0.15, 0.2) is 91.0 Å². The number of aromatic nitrogens is 2. The van der Waals surface area contributed by atoms with Gasteiger partial charge < -0.3 is 15.4 Å². The van der Waals surface area contributed by atoms with Crippen molar-refractivity contribution in [2.24, 2.45) is 5.73 Å². The fourth-order valence-electron chi connectivity index (χ4n) is 5.88. The minimum atomic E-state index is -0.964. The van der Waals surface area contributed by atoms with E-state index in [-0.39, 0.29) is 22.6 Å². The monoisotopic (exact) mass is 662 g/mol. The average molecular weight is 663 g/mol. The van der Waals surface area contributed by atoms with Gasteiger partial charge in [0.05, 0.1) is 22.6 Å². The first-order chi connectivity index (χ1) is 23.1. The molecule has 4 aromatic carbocycles. The standard InChI is InChI=1S/C39H42N4O4S/c1-5-12-35-41-36-25(3)21-30(37(44)43(48-39(47)33(40)6-2)26(4)22-27-13-8-7-9-14-27)23-34(36)42(35)24-28-17-19-29(20-18-28)31-15-10-11-16-32(31)38(45)46/h7-11,13-21,23,26,33H,5-6,12,22,24,40H2,1-4H3,(H,45,46). The summed E-state index contributed by atoms with van der Waals surface area (Å²) < 4.78 is 3.73. The molecule has 3 N–H and O–H groups in total. The number of nitrogens with zero attached hydrogens (tertiary/aromatic N) is 3. The maximum absolute atomic E-state index is 14.3. The summed E-state index contributed by atoms with van der Waals surface area (Å²) in [5, 5.41) is 9.42. The van der Waals surface area contributed by atoms with E-state index in [2.05, 4.69) is 11.5 Å². The van der Waals surface area contributed by atoms with Gasteiger partial charge in [-0.15, -0.1) is 0 Å². The van der Waals surface area contributed by atoms with Crippen LogP contribution in [0, 0.1) is 6.92 Å². The molecule has 2 atom stereocenters. The van der Waals surface area contributed by atoms with Crippen molar-refractivity contribution in [3.63, 3.8) is 0 Å². The second-order valence-corrected chi connectivity index (χ2v) is 13.1. The summed E-state index contributed by atoms with van der Waals surface area (Å²) in [6.45, 7) is 8.41. The molecule has 0 radical (unpaired) electrons. The predicted molar refractivity (Wildman–Crippen MR) is 193 cm³/mol. The molecule has 2 unspecified atom stereocenters. The van der Waals surface area contributed by atoms with Gasteiger partial charge >= 0.3 is 5.97 Å². The van der Waals surface area contributed by atoms with E-state index >= 15 is 0 Å². The number of rotatable bonds is 12. The molecule has 5 rings (SSSR count). The Morgan fingerprint density at radius 2 is 1.62 bits per heavy atom. The summed E-state index contributed by atoms with van der Waals surface area (Å²) in [5.41, 5.74) is 13.0. The molecular formula is C39H42N4O4S. The fourth-order valence-corrected chi connectivity index (χ4v) is 6.82. The number of aryl methyl sites for hydroxylation is 2. The Morgan fingerprint density at radius 1 is 0.938 bits per heavy atom. The van der Waals surface area contributed by atoms with E-state index in [4.69, 9.17) is 10.7 Å². The largest absolute Gasteiger partial charge is 0.478 e. The van der Waals surface area contributed by atoms with Crippen LogP contribution in [0.1, 0.15) is 76.8 Å². The Hall–Kier alpha value is -4.73. The zero-order chi connectivity index (χ0) is 34.4. The van der Waals surface area contributed by atoms with E-state index in [1.165, 1.54) is 0 Å². The van der Waals surface area contributed by atoms with Crippen molar-refractivity contribution in [3.05, 3.63) is 125 Å². The molecule has 0 fully saturated rings. The number of hydrogen-bond acceptors (Lipinski definition) is 6. The third kappa shape index (κ3) is 7.69. The minimum Gasteiger partial charge on any atom is -0.478 e. The minimum absolute atomic E-state index is 0.242. The number of carboxylic acids is 1. The molecule has 0 aliphatic heterocycles. The molecule has 0 bridgehead atoms. The summed E-state index contributed by atoms with van der Waals surface area (Å²) in [5.74, 6) is -0.293. The van der Waals surface area contributed by atoms with E-state index in [1.54, 1.807) is 16.4 Å². The van der Waals surface area contributed by atoms with E-state index < -0.39 is 12.0 Å². The maximum Gasteiger partial charge on any atom is 0.336 e. The zero-order valence-corrected chi connectivity index (χ0v) is 28.7.